The van der Waals surface area contributed by atoms with E-state index in [1.807, 2.05) is 0 Å². The van der Waals surface area contributed by atoms with Crippen LogP contribution in [0.15, 0.2) is 47.4 Å². The van der Waals surface area contributed by atoms with E-state index in [9.17, 15) is 14.4 Å². The molecular formula is C16H17N3O4. The standard InChI is InChI=1S/C16H17N3O4/c1-2-23-13-8-5-9-19(16(13)22)10-14(20)18-12-7-4-3-6-11(12)15(17)21/h3-9H,2,10H2,1H3,(H2,17,21)(H,18,20). The number of nitrogens with two attached hydrogens (primary N) is 1. The summed E-state index contributed by atoms with van der Waals surface area (Å²) in [5.74, 6) is -0.911. The number of aromatic nitrogens is 1. The molecule has 2 aromatic rings. The van der Waals surface area contributed by atoms with E-state index in [0.29, 0.717) is 12.3 Å². The van der Waals surface area contributed by atoms with Crippen LogP contribution in [0.2, 0.25) is 0 Å². The second-order valence-electron chi connectivity index (χ2n) is 4.70. The lowest BCUT2D eigenvalue weighted by atomic mass is 10.1. The first kappa shape index (κ1) is 16.3. The highest BCUT2D eigenvalue weighted by molar-refractivity contribution is 6.02. The molecule has 120 valence electrons. The van der Waals surface area contributed by atoms with Gasteiger partial charge in [0, 0.05) is 6.20 Å². The molecule has 1 heterocycles. The second-order valence-corrected chi connectivity index (χ2v) is 4.70. The molecule has 1 aromatic heterocycles. The molecule has 23 heavy (non-hydrogen) atoms. The lowest BCUT2D eigenvalue weighted by Gasteiger charge is -2.11. The summed E-state index contributed by atoms with van der Waals surface area (Å²) in [6.45, 7) is 1.93. The first-order chi connectivity index (χ1) is 11.0. The number of para-hydroxylation sites is 1. The Labute approximate surface area is 132 Å². The average Bonchev–Trinajstić information content (AvgIpc) is 2.51. The molecule has 7 heteroatoms. The Morgan fingerprint density at radius 2 is 1.96 bits per heavy atom. The van der Waals surface area contributed by atoms with Gasteiger partial charge in [-0.1, -0.05) is 12.1 Å². The van der Waals surface area contributed by atoms with Crippen LogP contribution in [0, 0.1) is 0 Å². The van der Waals surface area contributed by atoms with Gasteiger partial charge < -0.3 is 20.4 Å². The van der Waals surface area contributed by atoms with Crippen molar-refractivity contribution in [2.24, 2.45) is 5.73 Å². The Balaban J connectivity index is 2.17. The summed E-state index contributed by atoms with van der Waals surface area (Å²) < 4.78 is 6.43. The minimum absolute atomic E-state index is 0.181. The van der Waals surface area contributed by atoms with Crippen LogP contribution in [-0.4, -0.2) is 23.0 Å². The van der Waals surface area contributed by atoms with Crippen LogP contribution in [0.3, 0.4) is 0 Å². The summed E-state index contributed by atoms with van der Waals surface area (Å²) in [5.41, 5.74) is 5.37. The molecule has 0 atom stereocenters. The lowest BCUT2D eigenvalue weighted by molar-refractivity contribution is -0.116. The van der Waals surface area contributed by atoms with E-state index in [4.69, 9.17) is 10.5 Å². The largest absolute Gasteiger partial charge is 0.488 e. The summed E-state index contributed by atoms with van der Waals surface area (Å²) in [7, 11) is 0. The van der Waals surface area contributed by atoms with Gasteiger partial charge in [0.15, 0.2) is 5.75 Å². The number of primary amides is 1. The lowest BCUT2D eigenvalue weighted by Crippen LogP contribution is -2.28. The van der Waals surface area contributed by atoms with Crippen LogP contribution >= 0.6 is 0 Å². The van der Waals surface area contributed by atoms with Crippen LogP contribution in [0.1, 0.15) is 17.3 Å². The van der Waals surface area contributed by atoms with E-state index in [2.05, 4.69) is 5.32 Å². The van der Waals surface area contributed by atoms with E-state index >= 15 is 0 Å². The predicted molar refractivity (Wildman–Crippen MR) is 85.5 cm³/mol. The first-order valence-electron chi connectivity index (χ1n) is 7.04. The van der Waals surface area contributed by atoms with Crippen LogP contribution in [0.25, 0.3) is 0 Å². The SMILES string of the molecule is CCOc1cccn(CC(=O)Nc2ccccc2C(N)=O)c1=O. The average molecular weight is 315 g/mol. The molecule has 1 aromatic carbocycles. The van der Waals surface area contributed by atoms with Gasteiger partial charge in [0.05, 0.1) is 17.9 Å². The van der Waals surface area contributed by atoms with Crippen LogP contribution in [0.4, 0.5) is 5.69 Å². The van der Waals surface area contributed by atoms with Crippen molar-refractivity contribution in [1.82, 2.24) is 4.57 Å². The summed E-state index contributed by atoms with van der Waals surface area (Å²) >= 11 is 0. The number of anilines is 1. The third kappa shape index (κ3) is 3.97. The molecule has 0 aliphatic carbocycles. The number of rotatable bonds is 6. The molecule has 0 aliphatic heterocycles. The van der Waals surface area contributed by atoms with Crippen molar-refractivity contribution in [3.8, 4) is 5.75 Å². The normalized spacial score (nSPS) is 10.1. The summed E-state index contributed by atoms with van der Waals surface area (Å²) in [5, 5.41) is 2.58. The monoisotopic (exact) mass is 315 g/mol. The fraction of sp³-hybridized carbons (Fsp3) is 0.188. The Morgan fingerprint density at radius 3 is 2.65 bits per heavy atom. The Kier molecular flexibility index (Phi) is 5.14. The molecule has 3 N–H and O–H groups in total. The smallest absolute Gasteiger partial charge is 0.293 e. The Morgan fingerprint density at radius 1 is 1.22 bits per heavy atom. The Hall–Kier alpha value is -3.09. The molecule has 2 amide bonds. The molecule has 7 nitrogen and oxygen atoms in total. The van der Waals surface area contributed by atoms with Crippen LogP contribution < -0.4 is 21.3 Å². The third-order valence-corrected chi connectivity index (χ3v) is 3.07. The molecular weight excluding hydrogens is 298 g/mol. The number of carbonyl (C=O) groups is 2. The minimum Gasteiger partial charge on any atom is -0.488 e. The van der Waals surface area contributed by atoms with E-state index in [1.165, 1.54) is 16.8 Å². The van der Waals surface area contributed by atoms with Gasteiger partial charge in [-0.05, 0) is 31.2 Å². The topological polar surface area (TPSA) is 103 Å². The maximum absolute atomic E-state index is 12.1. The molecule has 0 saturated heterocycles. The van der Waals surface area contributed by atoms with E-state index in [-0.39, 0.29) is 17.9 Å². The number of nitrogens with zero attached hydrogens (tertiary/aromatic N) is 1. The van der Waals surface area contributed by atoms with Crippen LogP contribution in [0.5, 0.6) is 5.75 Å². The molecule has 0 saturated carbocycles. The number of hydrogen-bond donors (Lipinski definition) is 2. The second kappa shape index (κ2) is 7.26. The van der Waals surface area contributed by atoms with Crippen molar-refractivity contribution >= 4 is 17.5 Å². The van der Waals surface area contributed by atoms with Crippen molar-refractivity contribution in [2.45, 2.75) is 13.5 Å². The maximum Gasteiger partial charge on any atom is 0.293 e. The Bertz CT molecular complexity index is 783. The molecule has 0 bridgehead atoms. The van der Waals surface area contributed by atoms with Crippen molar-refractivity contribution in [1.29, 1.82) is 0 Å². The summed E-state index contributed by atoms with van der Waals surface area (Å²) in [4.78, 5) is 35.6. The molecule has 2 rings (SSSR count). The molecule has 0 spiro atoms. The fourth-order valence-electron chi connectivity index (χ4n) is 2.06. The fourth-order valence-corrected chi connectivity index (χ4v) is 2.06. The quantitative estimate of drug-likeness (QED) is 0.829. The van der Waals surface area contributed by atoms with E-state index < -0.39 is 17.4 Å². The van der Waals surface area contributed by atoms with Gasteiger partial charge in [-0.15, -0.1) is 0 Å². The minimum atomic E-state index is -0.642. The van der Waals surface area contributed by atoms with Crippen molar-refractivity contribution < 1.29 is 14.3 Å². The highest BCUT2D eigenvalue weighted by Gasteiger charge is 2.12. The number of pyridine rings is 1. The van der Waals surface area contributed by atoms with Gasteiger partial charge in [0.2, 0.25) is 5.91 Å². The zero-order valence-corrected chi connectivity index (χ0v) is 12.6. The summed E-state index contributed by atoms with van der Waals surface area (Å²) in [6.07, 6.45) is 1.49. The van der Waals surface area contributed by atoms with Gasteiger partial charge in [-0.2, -0.15) is 0 Å². The predicted octanol–water partition coefficient (Wildman–Crippen LogP) is 0.985. The van der Waals surface area contributed by atoms with Crippen molar-refractivity contribution in [3.63, 3.8) is 0 Å². The van der Waals surface area contributed by atoms with E-state index in [0.717, 1.165) is 0 Å². The van der Waals surface area contributed by atoms with E-state index in [1.54, 1.807) is 37.3 Å². The molecule has 0 radical (unpaired) electrons. The van der Waals surface area contributed by atoms with Gasteiger partial charge in [0.25, 0.3) is 11.5 Å². The van der Waals surface area contributed by atoms with Gasteiger partial charge in [0.1, 0.15) is 6.54 Å². The third-order valence-electron chi connectivity index (χ3n) is 3.07. The van der Waals surface area contributed by atoms with Crippen molar-refractivity contribution in [3.05, 3.63) is 58.5 Å². The van der Waals surface area contributed by atoms with Crippen molar-refractivity contribution in [2.75, 3.05) is 11.9 Å². The number of carbonyl (C=O) groups excluding carboxylic acids is 2. The highest BCUT2D eigenvalue weighted by atomic mass is 16.5. The summed E-state index contributed by atoms with van der Waals surface area (Å²) in [6, 6.07) is 9.56. The number of hydrogen-bond acceptors (Lipinski definition) is 4. The number of nitrogens with one attached hydrogen (secondary N) is 1. The maximum atomic E-state index is 12.1. The molecule has 0 aliphatic rings. The van der Waals surface area contributed by atoms with Gasteiger partial charge in [-0.25, -0.2) is 0 Å². The number of amides is 2. The molecule has 0 fully saturated rings. The zero-order valence-electron chi connectivity index (χ0n) is 12.6. The molecule has 0 unspecified atom stereocenters. The highest BCUT2D eigenvalue weighted by Crippen LogP contribution is 2.14. The number of benzene rings is 1. The van der Waals surface area contributed by atoms with Crippen LogP contribution in [-0.2, 0) is 11.3 Å². The number of ether oxygens (including phenoxy) is 1. The first-order valence-corrected chi connectivity index (χ1v) is 7.04. The van der Waals surface area contributed by atoms with Gasteiger partial charge >= 0.3 is 0 Å². The van der Waals surface area contributed by atoms with Gasteiger partial charge in [-0.3, -0.25) is 14.4 Å². The zero-order chi connectivity index (χ0) is 16.8.